The number of methoxy groups -OCH3 is 1. The Bertz CT molecular complexity index is 1000. The number of aryl methyl sites for hydroxylation is 1. The van der Waals surface area contributed by atoms with Crippen LogP contribution in [0.5, 0.6) is 11.5 Å². The van der Waals surface area contributed by atoms with Crippen LogP contribution >= 0.6 is 23.8 Å². The summed E-state index contributed by atoms with van der Waals surface area (Å²) in [4.78, 5) is 0. The van der Waals surface area contributed by atoms with Gasteiger partial charge in [0.2, 0.25) is 4.77 Å². The van der Waals surface area contributed by atoms with Crippen molar-refractivity contribution in [3.05, 3.63) is 69.0 Å². The number of aromatic amines is 1. The number of rotatable bonds is 8. The summed E-state index contributed by atoms with van der Waals surface area (Å²) in [5.41, 5.74) is 4.93. The highest BCUT2D eigenvalue weighted by atomic mass is 35.5. The zero-order valence-electron chi connectivity index (χ0n) is 15.5. The summed E-state index contributed by atoms with van der Waals surface area (Å²) < 4.78 is 26.5. The van der Waals surface area contributed by atoms with Crippen molar-refractivity contribution in [2.24, 2.45) is 0 Å². The van der Waals surface area contributed by atoms with Gasteiger partial charge in [-0.3, -0.25) is 5.10 Å². The van der Waals surface area contributed by atoms with Gasteiger partial charge in [0.05, 0.1) is 18.7 Å². The third kappa shape index (κ3) is 4.63. The van der Waals surface area contributed by atoms with Gasteiger partial charge in [0.15, 0.2) is 17.3 Å². The average Bonchev–Trinajstić information content (AvgIpc) is 3.06. The molecule has 0 radical (unpaired) electrons. The first-order valence-electron chi connectivity index (χ1n) is 8.65. The fraction of sp³-hybridized carbons (Fsp3) is 0.263. The quantitative estimate of drug-likeness (QED) is 0.518. The lowest BCUT2D eigenvalue weighted by molar-refractivity contribution is 0.284. The first-order chi connectivity index (χ1) is 13.5. The van der Waals surface area contributed by atoms with Gasteiger partial charge in [-0.05, 0) is 47.6 Å². The van der Waals surface area contributed by atoms with Gasteiger partial charge in [-0.25, -0.2) is 9.07 Å². The molecule has 0 aliphatic rings. The lowest BCUT2D eigenvalue weighted by atomic mass is 10.2. The molecule has 1 heterocycles. The van der Waals surface area contributed by atoms with Crippen molar-refractivity contribution in [2.75, 3.05) is 12.5 Å². The van der Waals surface area contributed by atoms with E-state index in [1.165, 1.54) is 12.1 Å². The number of nitrogens with zero attached hydrogens (tertiary/aromatic N) is 2. The third-order valence-corrected chi connectivity index (χ3v) is 4.64. The van der Waals surface area contributed by atoms with Crippen LogP contribution in [0, 0.1) is 10.6 Å². The van der Waals surface area contributed by atoms with Gasteiger partial charge < -0.3 is 14.9 Å². The van der Waals surface area contributed by atoms with E-state index < -0.39 is 0 Å². The Hall–Kier alpha value is -2.58. The maximum Gasteiger partial charge on any atom is 0.214 e. The number of H-pyrrole nitrogens is 1. The maximum absolute atomic E-state index is 13.0. The van der Waals surface area contributed by atoms with E-state index in [2.05, 4.69) is 15.6 Å². The van der Waals surface area contributed by atoms with Crippen LogP contribution in [0.15, 0.2) is 36.4 Å². The van der Waals surface area contributed by atoms with Crippen LogP contribution in [0.3, 0.4) is 0 Å². The molecule has 0 saturated carbocycles. The highest BCUT2D eigenvalue weighted by molar-refractivity contribution is 7.71. The van der Waals surface area contributed by atoms with E-state index in [0.717, 1.165) is 23.4 Å². The minimum atomic E-state index is -0.292. The Morgan fingerprint density at radius 1 is 1.25 bits per heavy atom. The Morgan fingerprint density at radius 3 is 2.68 bits per heavy atom. The second kappa shape index (κ2) is 9.07. The molecule has 3 rings (SSSR count). The first-order valence-corrected chi connectivity index (χ1v) is 9.44. The van der Waals surface area contributed by atoms with Gasteiger partial charge in [0.25, 0.3) is 0 Å². The predicted molar refractivity (Wildman–Crippen MR) is 109 cm³/mol. The van der Waals surface area contributed by atoms with Gasteiger partial charge >= 0.3 is 0 Å². The van der Waals surface area contributed by atoms with Crippen molar-refractivity contribution in [3.8, 4) is 11.5 Å². The number of aromatic nitrogens is 3. The summed E-state index contributed by atoms with van der Waals surface area (Å²) in [6.07, 6.45) is 0.736. The maximum atomic E-state index is 13.0. The van der Waals surface area contributed by atoms with Gasteiger partial charge in [-0.1, -0.05) is 30.7 Å². The predicted octanol–water partition coefficient (Wildman–Crippen LogP) is 4.63. The summed E-state index contributed by atoms with van der Waals surface area (Å²) >= 11 is 11.6. The zero-order valence-corrected chi connectivity index (χ0v) is 17.0. The summed E-state index contributed by atoms with van der Waals surface area (Å²) in [7, 11) is 1.55. The number of hydrogen-bond acceptors (Lipinski definition) is 5. The van der Waals surface area contributed by atoms with Crippen molar-refractivity contribution < 1.29 is 13.9 Å². The molecule has 0 amide bonds. The molecule has 6 nitrogen and oxygen atoms in total. The van der Waals surface area contributed by atoms with Crippen molar-refractivity contribution in [1.29, 1.82) is 0 Å². The SMILES string of the molecule is CCc1n[nH]c(=S)n1NCc1cc(Cl)c(OCc2ccc(F)cc2)c(OC)c1. The lowest BCUT2D eigenvalue weighted by Gasteiger charge is -2.15. The monoisotopic (exact) mass is 422 g/mol. The largest absolute Gasteiger partial charge is 0.493 e. The van der Waals surface area contributed by atoms with Crippen LogP contribution in [0.1, 0.15) is 23.9 Å². The Balaban J connectivity index is 1.74. The minimum absolute atomic E-state index is 0.248. The third-order valence-electron chi connectivity index (χ3n) is 4.08. The zero-order chi connectivity index (χ0) is 20.1. The first kappa shape index (κ1) is 20.2. The van der Waals surface area contributed by atoms with E-state index in [-0.39, 0.29) is 12.4 Å². The molecule has 3 aromatic rings. The van der Waals surface area contributed by atoms with E-state index in [1.54, 1.807) is 30.0 Å². The topological polar surface area (TPSA) is 64.1 Å². The van der Waals surface area contributed by atoms with Gasteiger partial charge in [-0.15, -0.1) is 0 Å². The summed E-state index contributed by atoms with van der Waals surface area (Å²) in [6, 6.07) is 9.73. The normalized spacial score (nSPS) is 10.7. The standard InChI is InChI=1S/C19H20ClFN4O2S/c1-3-17-23-24-19(28)25(17)22-10-13-8-15(20)18(16(9-13)26-2)27-11-12-4-6-14(21)7-5-12/h4-9,22H,3,10-11H2,1-2H3,(H,24,28). The summed E-state index contributed by atoms with van der Waals surface area (Å²) in [5.74, 6) is 1.46. The molecule has 9 heteroatoms. The Morgan fingerprint density at radius 2 is 2.00 bits per heavy atom. The smallest absolute Gasteiger partial charge is 0.214 e. The summed E-state index contributed by atoms with van der Waals surface area (Å²) in [6.45, 7) is 2.71. The number of nitrogens with one attached hydrogen (secondary N) is 2. The Labute approximate surface area is 172 Å². The molecular formula is C19H20ClFN4O2S. The Kier molecular flexibility index (Phi) is 6.53. The van der Waals surface area contributed by atoms with Gasteiger partial charge in [-0.2, -0.15) is 5.10 Å². The van der Waals surface area contributed by atoms with Crippen LogP contribution in [-0.2, 0) is 19.6 Å². The molecule has 2 aromatic carbocycles. The minimum Gasteiger partial charge on any atom is -0.493 e. The second-order valence-electron chi connectivity index (χ2n) is 5.99. The van der Waals surface area contributed by atoms with Crippen molar-refractivity contribution in [3.63, 3.8) is 0 Å². The summed E-state index contributed by atoms with van der Waals surface area (Å²) in [5, 5.41) is 7.34. The molecule has 148 valence electrons. The molecule has 0 aliphatic carbocycles. The van der Waals surface area contributed by atoms with E-state index in [9.17, 15) is 4.39 Å². The van der Waals surface area contributed by atoms with Gasteiger partial charge in [0, 0.05) is 6.42 Å². The molecule has 2 N–H and O–H groups in total. The number of halogens is 2. The number of hydrogen-bond donors (Lipinski definition) is 2. The average molecular weight is 423 g/mol. The van der Waals surface area contributed by atoms with Crippen LogP contribution in [0.25, 0.3) is 0 Å². The lowest BCUT2D eigenvalue weighted by Crippen LogP contribution is -2.17. The van der Waals surface area contributed by atoms with E-state index in [4.69, 9.17) is 33.3 Å². The number of benzene rings is 2. The van der Waals surface area contributed by atoms with Crippen molar-refractivity contribution in [2.45, 2.75) is 26.5 Å². The van der Waals surface area contributed by atoms with E-state index >= 15 is 0 Å². The molecule has 0 bridgehead atoms. The van der Waals surface area contributed by atoms with Crippen LogP contribution in [0.4, 0.5) is 4.39 Å². The highest BCUT2D eigenvalue weighted by Gasteiger charge is 2.13. The molecule has 0 aliphatic heterocycles. The molecule has 0 spiro atoms. The van der Waals surface area contributed by atoms with Crippen LogP contribution in [0.2, 0.25) is 5.02 Å². The number of ether oxygens (including phenoxy) is 2. The fourth-order valence-electron chi connectivity index (χ4n) is 2.65. The molecule has 0 saturated heterocycles. The van der Waals surface area contributed by atoms with Gasteiger partial charge in [0.1, 0.15) is 12.4 Å². The van der Waals surface area contributed by atoms with Crippen molar-refractivity contribution >= 4 is 23.8 Å². The molecule has 0 unspecified atom stereocenters. The van der Waals surface area contributed by atoms with E-state index in [1.807, 2.05) is 13.0 Å². The molecule has 0 atom stereocenters. The van der Waals surface area contributed by atoms with Crippen molar-refractivity contribution in [1.82, 2.24) is 14.9 Å². The van der Waals surface area contributed by atoms with Crippen LogP contribution in [-0.4, -0.2) is 22.0 Å². The molecule has 0 fully saturated rings. The second-order valence-corrected chi connectivity index (χ2v) is 6.79. The molecular weight excluding hydrogens is 403 g/mol. The fourth-order valence-corrected chi connectivity index (χ4v) is 3.16. The highest BCUT2D eigenvalue weighted by Crippen LogP contribution is 2.37. The molecule has 1 aromatic heterocycles. The molecule has 28 heavy (non-hydrogen) atoms. The van der Waals surface area contributed by atoms with Crippen LogP contribution < -0.4 is 14.9 Å². The van der Waals surface area contributed by atoms with E-state index in [0.29, 0.717) is 27.8 Å².